The average Bonchev–Trinajstić information content (AvgIpc) is 2.17. The summed E-state index contributed by atoms with van der Waals surface area (Å²) in [5.74, 6) is -0.584. The highest BCUT2D eigenvalue weighted by Gasteiger charge is 2.19. The zero-order chi connectivity index (χ0) is 12.3. The maximum Gasteiger partial charge on any atom is 0.338 e. The van der Waals surface area contributed by atoms with Crippen molar-refractivity contribution in [1.29, 1.82) is 0 Å². The molecule has 0 spiro atoms. The molecule has 5 nitrogen and oxygen atoms in total. The molecular formula is C10H10ClNO4. The molecular weight excluding hydrogens is 234 g/mol. The third kappa shape index (κ3) is 2.49. The lowest BCUT2D eigenvalue weighted by Crippen LogP contribution is -2.07. The van der Waals surface area contributed by atoms with E-state index >= 15 is 0 Å². The van der Waals surface area contributed by atoms with Gasteiger partial charge >= 0.3 is 5.97 Å². The predicted octanol–water partition coefficient (Wildman–Crippen LogP) is 2.73. The second-order valence-corrected chi connectivity index (χ2v) is 3.50. The van der Waals surface area contributed by atoms with Crippen LogP contribution in [0.3, 0.4) is 0 Å². The van der Waals surface area contributed by atoms with E-state index in [4.69, 9.17) is 16.3 Å². The van der Waals surface area contributed by atoms with Crippen LogP contribution in [0, 0.1) is 17.0 Å². The van der Waals surface area contributed by atoms with Crippen molar-refractivity contribution in [1.82, 2.24) is 0 Å². The molecule has 0 bridgehead atoms. The van der Waals surface area contributed by atoms with Crippen molar-refractivity contribution >= 4 is 23.3 Å². The van der Waals surface area contributed by atoms with Crippen LogP contribution in [0.2, 0.25) is 5.02 Å². The number of hydrogen-bond acceptors (Lipinski definition) is 4. The van der Waals surface area contributed by atoms with Crippen molar-refractivity contribution in [2.75, 3.05) is 6.61 Å². The van der Waals surface area contributed by atoms with E-state index in [1.54, 1.807) is 13.8 Å². The topological polar surface area (TPSA) is 69.4 Å². The molecule has 0 unspecified atom stereocenters. The monoisotopic (exact) mass is 243 g/mol. The quantitative estimate of drug-likeness (QED) is 0.465. The van der Waals surface area contributed by atoms with Crippen molar-refractivity contribution in [2.24, 2.45) is 0 Å². The number of benzene rings is 1. The first kappa shape index (κ1) is 12.4. The molecule has 0 aliphatic heterocycles. The second kappa shape index (κ2) is 4.94. The predicted molar refractivity (Wildman–Crippen MR) is 58.8 cm³/mol. The van der Waals surface area contributed by atoms with Gasteiger partial charge in [0.1, 0.15) is 5.02 Å². The molecule has 16 heavy (non-hydrogen) atoms. The number of nitro groups is 1. The molecule has 0 heterocycles. The van der Waals surface area contributed by atoms with Gasteiger partial charge < -0.3 is 4.74 Å². The van der Waals surface area contributed by atoms with E-state index in [1.807, 2.05) is 0 Å². The summed E-state index contributed by atoms with van der Waals surface area (Å²) in [6.45, 7) is 3.52. The fraction of sp³-hybridized carbons (Fsp3) is 0.300. The first-order valence-electron chi connectivity index (χ1n) is 4.59. The van der Waals surface area contributed by atoms with E-state index in [9.17, 15) is 14.9 Å². The molecule has 0 N–H and O–H groups in total. The smallest absolute Gasteiger partial charge is 0.338 e. The SMILES string of the molecule is CCOC(=O)c1cc([N+](=O)[O-])c(Cl)cc1C. The number of ether oxygens (including phenoxy) is 1. The van der Waals surface area contributed by atoms with Gasteiger partial charge in [-0.15, -0.1) is 0 Å². The summed E-state index contributed by atoms with van der Waals surface area (Å²) in [6, 6.07) is 2.52. The van der Waals surface area contributed by atoms with Crippen LogP contribution in [0.15, 0.2) is 12.1 Å². The normalized spacial score (nSPS) is 9.94. The van der Waals surface area contributed by atoms with Crippen molar-refractivity contribution in [3.05, 3.63) is 38.4 Å². The van der Waals surface area contributed by atoms with Crippen LogP contribution in [0.4, 0.5) is 5.69 Å². The van der Waals surface area contributed by atoms with Crippen molar-refractivity contribution < 1.29 is 14.5 Å². The first-order chi connectivity index (χ1) is 7.47. The van der Waals surface area contributed by atoms with Gasteiger partial charge in [0.05, 0.1) is 17.1 Å². The summed E-state index contributed by atoms with van der Waals surface area (Å²) in [4.78, 5) is 21.5. The molecule has 1 rings (SSSR count). The van der Waals surface area contributed by atoms with Crippen molar-refractivity contribution in [3.63, 3.8) is 0 Å². The maximum atomic E-state index is 11.5. The number of aryl methyl sites for hydroxylation is 1. The van der Waals surface area contributed by atoms with E-state index in [2.05, 4.69) is 0 Å². The fourth-order valence-corrected chi connectivity index (χ4v) is 1.52. The third-order valence-electron chi connectivity index (χ3n) is 1.99. The Morgan fingerprint density at radius 1 is 1.56 bits per heavy atom. The number of halogens is 1. The van der Waals surface area contributed by atoms with E-state index in [0.717, 1.165) is 6.07 Å². The number of carbonyl (C=O) groups is 1. The average molecular weight is 244 g/mol. The summed E-state index contributed by atoms with van der Waals surface area (Å²) < 4.78 is 4.78. The molecule has 1 aromatic carbocycles. The van der Waals surface area contributed by atoms with Crippen LogP contribution in [-0.4, -0.2) is 17.5 Å². The molecule has 0 aliphatic carbocycles. The number of hydrogen-bond donors (Lipinski definition) is 0. The minimum atomic E-state index is -0.634. The highest BCUT2D eigenvalue weighted by Crippen LogP contribution is 2.28. The summed E-state index contributed by atoms with van der Waals surface area (Å²) in [5, 5.41) is 10.6. The van der Waals surface area contributed by atoms with E-state index < -0.39 is 10.9 Å². The Kier molecular flexibility index (Phi) is 3.84. The zero-order valence-corrected chi connectivity index (χ0v) is 9.58. The van der Waals surface area contributed by atoms with Gasteiger partial charge in [-0.2, -0.15) is 0 Å². The Balaban J connectivity index is 3.24. The number of carbonyl (C=O) groups excluding carboxylic acids is 1. The number of esters is 1. The Labute approximate surface area is 97.1 Å². The molecule has 0 fully saturated rings. The number of nitrogens with zero attached hydrogens (tertiary/aromatic N) is 1. The minimum absolute atomic E-state index is 0.00977. The largest absolute Gasteiger partial charge is 0.462 e. The molecule has 0 aliphatic rings. The van der Waals surface area contributed by atoms with Gasteiger partial charge in [0, 0.05) is 6.07 Å². The molecule has 0 aromatic heterocycles. The van der Waals surface area contributed by atoms with Crippen LogP contribution >= 0.6 is 11.6 Å². The molecule has 1 aromatic rings. The summed E-state index contributed by atoms with van der Waals surface area (Å²) >= 11 is 5.68. The standard InChI is InChI=1S/C10H10ClNO4/c1-3-16-10(13)7-5-9(12(14)15)8(11)4-6(7)2/h4-5H,3H2,1-2H3. The van der Waals surface area contributed by atoms with E-state index in [-0.39, 0.29) is 22.9 Å². The summed E-state index contributed by atoms with van der Waals surface area (Å²) in [7, 11) is 0. The number of rotatable bonds is 3. The Morgan fingerprint density at radius 2 is 2.19 bits per heavy atom. The molecule has 0 atom stereocenters. The molecule has 0 radical (unpaired) electrons. The molecule has 86 valence electrons. The van der Waals surface area contributed by atoms with Crippen LogP contribution in [0.5, 0.6) is 0 Å². The maximum absolute atomic E-state index is 11.5. The fourth-order valence-electron chi connectivity index (χ4n) is 1.23. The number of nitro benzene ring substituents is 1. The Hall–Kier alpha value is -1.62. The third-order valence-corrected chi connectivity index (χ3v) is 2.29. The lowest BCUT2D eigenvalue weighted by Gasteiger charge is -2.05. The molecule has 6 heteroatoms. The second-order valence-electron chi connectivity index (χ2n) is 3.10. The first-order valence-corrected chi connectivity index (χ1v) is 4.96. The zero-order valence-electron chi connectivity index (χ0n) is 8.82. The van der Waals surface area contributed by atoms with Crippen LogP contribution < -0.4 is 0 Å². The van der Waals surface area contributed by atoms with Gasteiger partial charge in [-0.05, 0) is 25.5 Å². The van der Waals surface area contributed by atoms with Gasteiger partial charge in [0.25, 0.3) is 5.69 Å². The highest BCUT2D eigenvalue weighted by atomic mass is 35.5. The van der Waals surface area contributed by atoms with Crippen molar-refractivity contribution in [3.8, 4) is 0 Å². The molecule has 0 amide bonds. The molecule has 0 saturated carbocycles. The molecule has 0 saturated heterocycles. The highest BCUT2D eigenvalue weighted by molar-refractivity contribution is 6.32. The van der Waals surface area contributed by atoms with Crippen molar-refractivity contribution in [2.45, 2.75) is 13.8 Å². The Bertz CT molecular complexity index is 445. The van der Waals surface area contributed by atoms with Gasteiger partial charge in [-0.1, -0.05) is 11.6 Å². The van der Waals surface area contributed by atoms with Gasteiger partial charge in [-0.3, -0.25) is 10.1 Å². The van der Waals surface area contributed by atoms with Gasteiger partial charge in [0.15, 0.2) is 0 Å². The summed E-state index contributed by atoms with van der Waals surface area (Å²) in [5.41, 5.74) is 0.419. The lowest BCUT2D eigenvalue weighted by molar-refractivity contribution is -0.384. The Morgan fingerprint density at radius 3 is 2.69 bits per heavy atom. The van der Waals surface area contributed by atoms with Gasteiger partial charge in [-0.25, -0.2) is 4.79 Å². The van der Waals surface area contributed by atoms with Crippen LogP contribution in [0.1, 0.15) is 22.8 Å². The van der Waals surface area contributed by atoms with Crippen LogP contribution in [0.25, 0.3) is 0 Å². The van der Waals surface area contributed by atoms with E-state index in [0.29, 0.717) is 5.56 Å². The lowest BCUT2D eigenvalue weighted by atomic mass is 10.1. The minimum Gasteiger partial charge on any atom is -0.462 e. The van der Waals surface area contributed by atoms with E-state index in [1.165, 1.54) is 6.07 Å². The van der Waals surface area contributed by atoms with Gasteiger partial charge in [0.2, 0.25) is 0 Å². The summed E-state index contributed by atoms with van der Waals surface area (Å²) in [6.07, 6.45) is 0. The van der Waals surface area contributed by atoms with Crippen LogP contribution in [-0.2, 0) is 4.74 Å².